The highest BCUT2D eigenvalue weighted by molar-refractivity contribution is 9.10. The van der Waals surface area contributed by atoms with Gasteiger partial charge in [-0.05, 0) is 62.8 Å². The number of rotatable bonds is 7. The van der Waals surface area contributed by atoms with Crippen LogP contribution in [-0.2, 0) is 6.54 Å². The van der Waals surface area contributed by atoms with E-state index in [1.807, 2.05) is 0 Å². The molecule has 112 valence electrons. The maximum Gasteiger partial charge on any atom is 0.217 e. The molecule has 0 aliphatic heterocycles. The van der Waals surface area contributed by atoms with Crippen LogP contribution in [0.25, 0.3) is 0 Å². The highest BCUT2D eigenvalue weighted by atomic mass is 79.9. The van der Waals surface area contributed by atoms with E-state index >= 15 is 0 Å². The molecule has 2 rings (SSSR count). The Balaban J connectivity index is 2.01. The Hall–Kier alpha value is -0.650. The number of likely N-dealkylation sites (N-methyl/N-ethyl adjacent to an activating group) is 1. The standard InChI is InChI=1S/C15H24BrN3O/c1-15(2,19(3)4)10-20-14-11(7-12(16)9-18-14)8-17-13-5-6-13/h7,9,13,17H,5-6,8,10H2,1-4H3. The lowest BCUT2D eigenvalue weighted by molar-refractivity contribution is 0.110. The maximum atomic E-state index is 5.96. The van der Waals surface area contributed by atoms with Crippen LogP contribution in [0.1, 0.15) is 32.3 Å². The van der Waals surface area contributed by atoms with Crippen LogP contribution in [0.15, 0.2) is 16.7 Å². The molecule has 1 fully saturated rings. The topological polar surface area (TPSA) is 37.4 Å². The van der Waals surface area contributed by atoms with Crippen LogP contribution in [0.4, 0.5) is 0 Å². The number of ether oxygens (including phenoxy) is 1. The minimum Gasteiger partial charge on any atom is -0.475 e. The molecule has 0 radical (unpaired) electrons. The van der Waals surface area contributed by atoms with Crippen molar-refractivity contribution >= 4 is 15.9 Å². The first-order valence-electron chi connectivity index (χ1n) is 7.06. The Labute approximate surface area is 130 Å². The minimum atomic E-state index is -0.0179. The first kappa shape index (κ1) is 15.7. The first-order chi connectivity index (χ1) is 9.38. The third kappa shape index (κ3) is 4.43. The molecule has 0 aromatic carbocycles. The fourth-order valence-corrected chi connectivity index (χ4v) is 2.02. The van der Waals surface area contributed by atoms with E-state index in [0.29, 0.717) is 12.6 Å². The maximum absolute atomic E-state index is 5.96. The zero-order chi connectivity index (χ0) is 14.8. The predicted molar refractivity (Wildman–Crippen MR) is 85.1 cm³/mol. The summed E-state index contributed by atoms with van der Waals surface area (Å²) in [5.41, 5.74) is 1.09. The summed E-state index contributed by atoms with van der Waals surface area (Å²) in [4.78, 5) is 6.57. The summed E-state index contributed by atoms with van der Waals surface area (Å²) < 4.78 is 6.95. The predicted octanol–water partition coefficient (Wildman–Crippen LogP) is 2.82. The number of nitrogens with one attached hydrogen (secondary N) is 1. The van der Waals surface area contributed by atoms with Gasteiger partial charge in [0.25, 0.3) is 0 Å². The van der Waals surface area contributed by atoms with Gasteiger partial charge in [-0.25, -0.2) is 4.98 Å². The van der Waals surface area contributed by atoms with Crippen molar-refractivity contribution in [2.24, 2.45) is 0 Å². The summed E-state index contributed by atoms with van der Waals surface area (Å²) in [6.45, 7) is 5.75. The number of hydrogen-bond donors (Lipinski definition) is 1. The van der Waals surface area contributed by atoms with Gasteiger partial charge in [-0.15, -0.1) is 0 Å². The van der Waals surface area contributed by atoms with E-state index < -0.39 is 0 Å². The van der Waals surface area contributed by atoms with Crippen molar-refractivity contribution in [1.82, 2.24) is 15.2 Å². The summed E-state index contributed by atoms with van der Waals surface area (Å²) in [5.74, 6) is 0.733. The van der Waals surface area contributed by atoms with Crippen molar-refractivity contribution in [1.29, 1.82) is 0 Å². The van der Waals surface area contributed by atoms with E-state index in [-0.39, 0.29) is 5.54 Å². The monoisotopic (exact) mass is 341 g/mol. The Bertz CT molecular complexity index is 458. The largest absolute Gasteiger partial charge is 0.475 e. The van der Waals surface area contributed by atoms with E-state index in [0.717, 1.165) is 22.5 Å². The fraction of sp³-hybridized carbons (Fsp3) is 0.667. The lowest BCUT2D eigenvalue weighted by Gasteiger charge is -2.32. The van der Waals surface area contributed by atoms with Crippen molar-refractivity contribution in [2.75, 3.05) is 20.7 Å². The molecule has 1 aromatic heterocycles. The SMILES string of the molecule is CN(C)C(C)(C)COc1ncc(Br)cc1CNC1CC1. The third-order valence-corrected chi connectivity index (χ3v) is 4.26. The number of pyridine rings is 1. The highest BCUT2D eigenvalue weighted by Gasteiger charge is 2.23. The van der Waals surface area contributed by atoms with Crippen LogP contribution in [0.5, 0.6) is 5.88 Å². The summed E-state index contributed by atoms with van der Waals surface area (Å²) >= 11 is 3.48. The molecule has 1 aromatic rings. The van der Waals surface area contributed by atoms with Crippen LogP contribution < -0.4 is 10.1 Å². The molecular formula is C15H24BrN3O. The second-order valence-corrected chi connectivity index (χ2v) is 7.18. The fourth-order valence-electron chi connectivity index (χ4n) is 1.64. The molecule has 0 atom stereocenters. The summed E-state index contributed by atoms with van der Waals surface area (Å²) in [7, 11) is 4.13. The van der Waals surface area contributed by atoms with Crippen molar-refractivity contribution in [3.05, 3.63) is 22.3 Å². The molecule has 0 spiro atoms. The van der Waals surface area contributed by atoms with Crippen molar-refractivity contribution in [3.8, 4) is 5.88 Å². The molecule has 1 N–H and O–H groups in total. The molecule has 4 nitrogen and oxygen atoms in total. The molecule has 0 amide bonds. The van der Waals surface area contributed by atoms with E-state index in [1.54, 1.807) is 6.20 Å². The van der Waals surface area contributed by atoms with Crippen molar-refractivity contribution < 1.29 is 4.74 Å². The molecule has 0 bridgehead atoms. The Kier molecular flexibility index (Phi) is 5.04. The van der Waals surface area contributed by atoms with Gasteiger partial charge in [0.15, 0.2) is 0 Å². The van der Waals surface area contributed by atoms with Gasteiger partial charge in [0.05, 0.1) is 0 Å². The molecule has 1 heterocycles. The molecule has 1 aliphatic carbocycles. The van der Waals surface area contributed by atoms with E-state index in [4.69, 9.17) is 4.74 Å². The molecule has 1 saturated carbocycles. The smallest absolute Gasteiger partial charge is 0.217 e. The van der Waals surface area contributed by atoms with Crippen LogP contribution >= 0.6 is 15.9 Å². The molecule has 5 heteroatoms. The second-order valence-electron chi connectivity index (χ2n) is 6.27. The quantitative estimate of drug-likeness (QED) is 0.827. The van der Waals surface area contributed by atoms with Gasteiger partial charge in [-0.1, -0.05) is 0 Å². The van der Waals surface area contributed by atoms with Gasteiger partial charge in [-0.2, -0.15) is 0 Å². The third-order valence-electron chi connectivity index (χ3n) is 3.82. The van der Waals surface area contributed by atoms with Crippen LogP contribution in [0.3, 0.4) is 0 Å². The number of hydrogen-bond acceptors (Lipinski definition) is 4. The van der Waals surface area contributed by atoms with Crippen LogP contribution in [-0.4, -0.2) is 42.2 Å². The van der Waals surface area contributed by atoms with E-state index in [1.165, 1.54) is 12.8 Å². The average molecular weight is 342 g/mol. The summed E-state index contributed by atoms with van der Waals surface area (Å²) in [5, 5.41) is 3.51. The number of nitrogens with zero attached hydrogens (tertiary/aromatic N) is 2. The number of halogens is 1. The van der Waals surface area contributed by atoms with Crippen LogP contribution in [0.2, 0.25) is 0 Å². The molecule has 0 saturated heterocycles. The van der Waals surface area contributed by atoms with E-state index in [9.17, 15) is 0 Å². The Morgan fingerprint density at radius 1 is 1.45 bits per heavy atom. The zero-order valence-corrected chi connectivity index (χ0v) is 14.3. The van der Waals surface area contributed by atoms with Gasteiger partial charge in [0, 0.05) is 34.4 Å². The Morgan fingerprint density at radius 2 is 2.15 bits per heavy atom. The zero-order valence-electron chi connectivity index (χ0n) is 12.7. The normalized spacial score (nSPS) is 15.7. The van der Waals surface area contributed by atoms with Gasteiger partial charge < -0.3 is 15.0 Å². The van der Waals surface area contributed by atoms with Gasteiger partial charge in [-0.3, -0.25) is 0 Å². The Morgan fingerprint density at radius 3 is 2.75 bits per heavy atom. The van der Waals surface area contributed by atoms with Gasteiger partial charge >= 0.3 is 0 Å². The van der Waals surface area contributed by atoms with Crippen molar-refractivity contribution in [3.63, 3.8) is 0 Å². The second kappa shape index (κ2) is 6.41. The summed E-state index contributed by atoms with van der Waals surface area (Å²) in [6.07, 6.45) is 4.36. The van der Waals surface area contributed by atoms with E-state index in [2.05, 4.69) is 65.1 Å². The lowest BCUT2D eigenvalue weighted by Crippen LogP contribution is -2.43. The van der Waals surface area contributed by atoms with Crippen LogP contribution in [0, 0.1) is 0 Å². The minimum absolute atomic E-state index is 0.0179. The summed E-state index contributed by atoms with van der Waals surface area (Å²) in [6, 6.07) is 2.76. The van der Waals surface area contributed by atoms with Crippen molar-refractivity contribution in [2.45, 2.75) is 44.8 Å². The number of aromatic nitrogens is 1. The average Bonchev–Trinajstić information content (AvgIpc) is 3.19. The molecule has 20 heavy (non-hydrogen) atoms. The first-order valence-corrected chi connectivity index (χ1v) is 7.86. The molecule has 1 aliphatic rings. The molecule has 0 unspecified atom stereocenters. The molecular weight excluding hydrogens is 318 g/mol. The lowest BCUT2D eigenvalue weighted by atomic mass is 10.1. The van der Waals surface area contributed by atoms with Gasteiger partial charge in [0.2, 0.25) is 5.88 Å². The highest BCUT2D eigenvalue weighted by Crippen LogP contribution is 2.24. The van der Waals surface area contributed by atoms with Gasteiger partial charge in [0.1, 0.15) is 6.61 Å².